The van der Waals surface area contributed by atoms with Crippen molar-refractivity contribution in [1.29, 1.82) is 0 Å². The Labute approximate surface area is 132 Å². The second-order valence-corrected chi connectivity index (χ2v) is 5.00. The molecule has 0 aliphatic rings. The van der Waals surface area contributed by atoms with Crippen molar-refractivity contribution >= 4 is 5.91 Å². The van der Waals surface area contributed by atoms with Crippen LogP contribution in [-0.4, -0.2) is 17.4 Å². The van der Waals surface area contributed by atoms with Gasteiger partial charge in [0.05, 0.1) is 0 Å². The van der Waals surface area contributed by atoms with Crippen LogP contribution in [0.1, 0.15) is 12.5 Å². The minimum Gasteiger partial charge on any atom is -0.439 e. The van der Waals surface area contributed by atoms with Crippen molar-refractivity contribution in [3.63, 3.8) is 0 Å². The molecule has 1 aromatic heterocycles. The predicted octanol–water partition coefficient (Wildman–Crippen LogP) is 2.36. The highest BCUT2D eigenvalue weighted by molar-refractivity contribution is 5.78. The summed E-state index contributed by atoms with van der Waals surface area (Å²) in [6.07, 6.45) is 1.50. The Morgan fingerprint density at radius 2 is 2.13 bits per heavy atom. The van der Waals surface area contributed by atoms with Crippen molar-refractivity contribution < 1.29 is 18.3 Å². The zero-order valence-corrected chi connectivity index (χ0v) is 12.6. The number of hydrogen-bond acceptors (Lipinski definition) is 4. The van der Waals surface area contributed by atoms with Gasteiger partial charge in [-0.2, -0.15) is 0 Å². The van der Waals surface area contributed by atoms with Gasteiger partial charge in [0.15, 0.2) is 11.6 Å². The number of ether oxygens (including phenoxy) is 1. The molecule has 1 atom stereocenters. The van der Waals surface area contributed by atoms with E-state index in [2.05, 4.69) is 10.3 Å². The predicted molar refractivity (Wildman–Crippen MR) is 80.7 cm³/mol. The average molecular weight is 321 g/mol. The third kappa shape index (κ3) is 4.46. The van der Waals surface area contributed by atoms with Crippen LogP contribution < -0.4 is 15.8 Å². The lowest BCUT2D eigenvalue weighted by Crippen LogP contribution is -2.32. The molecule has 0 aliphatic heterocycles. The summed E-state index contributed by atoms with van der Waals surface area (Å²) in [4.78, 5) is 15.8. The highest BCUT2D eigenvalue weighted by atomic mass is 19.2. The van der Waals surface area contributed by atoms with Gasteiger partial charge in [0.1, 0.15) is 5.75 Å². The molecule has 0 saturated heterocycles. The van der Waals surface area contributed by atoms with Crippen LogP contribution in [0.2, 0.25) is 0 Å². The molecule has 1 aromatic carbocycles. The standard InChI is InChI=1S/C16H17F2N3O2/c1-10(8-19)15(22)21-9-11-3-2-6-20-16(11)23-12-4-5-13(17)14(18)7-12/h2-7,10H,8-9,19H2,1H3,(H,21,22). The molecule has 0 aliphatic carbocycles. The number of rotatable bonds is 6. The minimum atomic E-state index is -1.01. The zero-order valence-electron chi connectivity index (χ0n) is 12.6. The molecule has 1 unspecified atom stereocenters. The van der Waals surface area contributed by atoms with Crippen molar-refractivity contribution in [2.45, 2.75) is 13.5 Å². The van der Waals surface area contributed by atoms with Crippen LogP contribution in [0.25, 0.3) is 0 Å². The van der Waals surface area contributed by atoms with E-state index >= 15 is 0 Å². The van der Waals surface area contributed by atoms with Crippen LogP contribution in [-0.2, 0) is 11.3 Å². The smallest absolute Gasteiger partial charge is 0.224 e. The van der Waals surface area contributed by atoms with E-state index in [9.17, 15) is 13.6 Å². The lowest BCUT2D eigenvalue weighted by Gasteiger charge is -2.13. The molecule has 122 valence electrons. The summed E-state index contributed by atoms with van der Waals surface area (Å²) in [5.41, 5.74) is 6.04. The topological polar surface area (TPSA) is 77.2 Å². The Hall–Kier alpha value is -2.54. The molecule has 0 fully saturated rings. The maximum absolute atomic E-state index is 13.2. The fourth-order valence-electron chi connectivity index (χ4n) is 1.77. The van der Waals surface area contributed by atoms with Gasteiger partial charge >= 0.3 is 0 Å². The largest absolute Gasteiger partial charge is 0.439 e. The molecule has 7 heteroatoms. The first-order chi connectivity index (χ1) is 11.0. The zero-order chi connectivity index (χ0) is 16.8. The lowest BCUT2D eigenvalue weighted by molar-refractivity contribution is -0.124. The van der Waals surface area contributed by atoms with Crippen molar-refractivity contribution in [3.8, 4) is 11.6 Å². The Kier molecular flexibility index (Phi) is 5.59. The van der Waals surface area contributed by atoms with Gasteiger partial charge in [-0.25, -0.2) is 13.8 Å². The number of nitrogens with zero attached hydrogens (tertiary/aromatic N) is 1. The van der Waals surface area contributed by atoms with Crippen LogP contribution in [0.4, 0.5) is 8.78 Å². The second kappa shape index (κ2) is 7.64. The van der Waals surface area contributed by atoms with Crippen LogP contribution in [0, 0.1) is 17.6 Å². The summed E-state index contributed by atoms with van der Waals surface area (Å²) in [5, 5.41) is 2.72. The first-order valence-corrected chi connectivity index (χ1v) is 7.06. The van der Waals surface area contributed by atoms with Crippen LogP contribution in [0.5, 0.6) is 11.6 Å². The summed E-state index contributed by atoms with van der Waals surface area (Å²) in [5.74, 6) is -2.13. The molecular formula is C16H17F2N3O2. The van der Waals surface area contributed by atoms with Gasteiger partial charge in [-0.3, -0.25) is 4.79 Å². The van der Waals surface area contributed by atoms with Gasteiger partial charge in [-0.15, -0.1) is 0 Å². The van der Waals surface area contributed by atoms with Gasteiger partial charge in [-0.05, 0) is 18.2 Å². The van der Waals surface area contributed by atoms with E-state index in [0.717, 1.165) is 12.1 Å². The van der Waals surface area contributed by atoms with Gasteiger partial charge in [0.2, 0.25) is 11.8 Å². The van der Waals surface area contributed by atoms with E-state index in [-0.39, 0.29) is 36.5 Å². The van der Waals surface area contributed by atoms with Crippen molar-refractivity contribution in [1.82, 2.24) is 10.3 Å². The highest BCUT2D eigenvalue weighted by Crippen LogP contribution is 2.24. The molecule has 1 amide bonds. The number of hydrogen-bond donors (Lipinski definition) is 2. The Balaban J connectivity index is 2.11. The third-order valence-corrected chi connectivity index (χ3v) is 3.21. The molecule has 23 heavy (non-hydrogen) atoms. The Morgan fingerprint density at radius 1 is 1.35 bits per heavy atom. The third-order valence-electron chi connectivity index (χ3n) is 3.21. The fraction of sp³-hybridized carbons (Fsp3) is 0.250. The molecular weight excluding hydrogens is 304 g/mol. The molecule has 1 heterocycles. The quantitative estimate of drug-likeness (QED) is 0.856. The van der Waals surface area contributed by atoms with Crippen LogP contribution >= 0.6 is 0 Å². The second-order valence-electron chi connectivity index (χ2n) is 5.00. The normalized spacial score (nSPS) is 11.8. The monoisotopic (exact) mass is 321 g/mol. The number of halogens is 2. The summed E-state index contributed by atoms with van der Waals surface area (Å²) in [7, 11) is 0. The number of nitrogens with one attached hydrogen (secondary N) is 1. The number of aromatic nitrogens is 1. The average Bonchev–Trinajstić information content (AvgIpc) is 2.56. The van der Waals surface area contributed by atoms with E-state index in [1.807, 2.05) is 0 Å². The Bertz CT molecular complexity index is 695. The maximum Gasteiger partial charge on any atom is 0.224 e. The molecule has 2 rings (SSSR count). The molecule has 2 aromatic rings. The van der Waals surface area contributed by atoms with E-state index < -0.39 is 11.6 Å². The van der Waals surface area contributed by atoms with Crippen molar-refractivity contribution in [2.24, 2.45) is 11.7 Å². The summed E-state index contributed by atoms with van der Waals surface area (Å²) in [6, 6.07) is 6.61. The number of pyridine rings is 1. The molecule has 0 saturated carbocycles. The molecule has 5 nitrogen and oxygen atoms in total. The van der Waals surface area contributed by atoms with Gasteiger partial charge in [0, 0.05) is 36.8 Å². The number of carbonyl (C=O) groups is 1. The minimum absolute atomic E-state index is 0.116. The number of amides is 1. The van der Waals surface area contributed by atoms with E-state index in [1.54, 1.807) is 19.1 Å². The summed E-state index contributed by atoms with van der Waals surface area (Å²) < 4.78 is 31.6. The van der Waals surface area contributed by atoms with E-state index in [0.29, 0.717) is 5.56 Å². The van der Waals surface area contributed by atoms with Crippen molar-refractivity contribution in [3.05, 3.63) is 53.7 Å². The van der Waals surface area contributed by atoms with Crippen LogP contribution in [0.3, 0.4) is 0 Å². The lowest BCUT2D eigenvalue weighted by atomic mass is 10.1. The number of nitrogens with two attached hydrogens (primary N) is 1. The first-order valence-electron chi connectivity index (χ1n) is 7.06. The summed E-state index contributed by atoms with van der Waals surface area (Å²) >= 11 is 0. The Morgan fingerprint density at radius 3 is 2.83 bits per heavy atom. The first kappa shape index (κ1) is 16.8. The molecule has 0 radical (unpaired) electrons. The highest BCUT2D eigenvalue weighted by Gasteiger charge is 2.13. The van der Waals surface area contributed by atoms with Gasteiger partial charge < -0.3 is 15.8 Å². The van der Waals surface area contributed by atoms with Gasteiger partial charge in [0.25, 0.3) is 0 Å². The maximum atomic E-state index is 13.2. The SMILES string of the molecule is CC(CN)C(=O)NCc1cccnc1Oc1ccc(F)c(F)c1. The number of carbonyl (C=O) groups excluding carboxylic acids is 1. The van der Waals surface area contributed by atoms with E-state index in [4.69, 9.17) is 10.5 Å². The fourth-order valence-corrected chi connectivity index (χ4v) is 1.77. The molecule has 3 N–H and O–H groups in total. The molecule has 0 spiro atoms. The number of benzene rings is 1. The summed E-state index contributed by atoms with van der Waals surface area (Å²) in [6.45, 7) is 2.16. The van der Waals surface area contributed by atoms with E-state index in [1.165, 1.54) is 12.3 Å². The molecule has 0 bridgehead atoms. The van der Waals surface area contributed by atoms with Crippen molar-refractivity contribution in [2.75, 3.05) is 6.54 Å². The van der Waals surface area contributed by atoms with Crippen LogP contribution in [0.15, 0.2) is 36.5 Å². The van der Waals surface area contributed by atoms with Gasteiger partial charge in [-0.1, -0.05) is 13.0 Å².